The fourth-order valence-corrected chi connectivity index (χ4v) is 4.43. The van der Waals surface area contributed by atoms with Crippen LogP contribution in [-0.4, -0.2) is 27.1 Å². The van der Waals surface area contributed by atoms with Crippen molar-refractivity contribution in [3.8, 4) is 11.1 Å². The molecule has 0 radical (unpaired) electrons. The van der Waals surface area contributed by atoms with Crippen molar-refractivity contribution >= 4 is 32.7 Å². The third kappa shape index (κ3) is 4.34. The number of aryl methyl sites for hydroxylation is 1. The highest BCUT2D eigenvalue weighted by Gasteiger charge is 2.15. The van der Waals surface area contributed by atoms with E-state index in [-0.39, 0.29) is 17.6 Å². The number of benzene rings is 1. The van der Waals surface area contributed by atoms with Gasteiger partial charge in [-0.3, -0.25) is 15.1 Å². The molecule has 2 N–H and O–H groups in total. The molecule has 3 heterocycles. The van der Waals surface area contributed by atoms with Gasteiger partial charge in [0.25, 0.3) is 5.56 Å². The molecule has 2 amide bonds. The second-order valence-electron chi connectivity index (χ2n) is 7.21. The monoisotopic (exact) mass is 433 g/mol. The minimum atomic E-state index is -0.275. The SMILES string of the molecule is CCNC(=O)Nc1nc2cc(-c3cc(C)n(C(C)c4ccccn4)c(=O)c3)ccc2s1. The number of thiazole rings is 1. The molecule has 158 valence electrons. The smallest absolute Gasteiger partial charge is 0.321 e. The second kappa shape index (κ2) is 8.69. The molecule has 3 aromatic heterocycles. The summed E-state index contributed by atoms with van der Waals surface area (Å²) in [5, 5.41) is 5.97. The predicted octanol–water partition coefficient (Wildman–Crippen LogP) is 4.58. The number of fused-ring (bicyclic) bond motifs is 1. The van der Waals surface area contributed by atoms with Crippen LogP contribution in [0, 0.1) is 6.92 Å². The van der Waals surface area contributed by atoms with Crippen molar-refractivity contribution in [3.05, 3.63) is 76.5 Å². The number of nitrogens with zero attached hydrogens (tertiary/aromatic N) is 3. The highest BCUT2D eigenvalue weighted by molar-refractivity contribution is 7.22. The molecule has 0 aliphatic carbocycles. The minimum Gasteiger partial charge on any atom is -0.338 e. The van der Waals surface area contributed by atoms with Crippen LogP contribution in [0.5, 0.6) is 0 Å². The van der Waals surface area contributed by atoms with Crippen LogP contribution in [0.1, 0.15) is 31.3 Å². The van der Waals surface area contributed by atoms with Crippen LogP contribution < -0.4 is 16.2 Å². The Labute approximate surface area is 183 Å². The first kappa shape index (κ1) is 20.7. The number of nitrogens with one attached hydrogen (secondary N) is 2. The number of urea groups is 1. The van der Waals surface area contributed by atoms with Crippen LogP contribution >= 0.6 is 11.3 Å². The van der Waals surface area contributed by atoms with Gasteiger partial charge in [0.2, 0.25) is 0 Å². The number of carbonyl (C=O) groups is 1. The Morgan fingerprint density at radius 3 is 2.71 bits per heavy atom. The van der Waals surface area contributed by atoms with Gasteiger partial charge in [-0.2, -0.15) is 0 Å². The first-order valence-corrected chi connectivity index (χ1v) is 10.9. The summed E-state index contributed by atoms with van der Waals surface area (Å²) in [5.74, 6) is 0. The van der Waals surface area contributed by atoms with Gasteiger partial charge in [0.1, 0.15) is 0 Å². The van der Waals surface area contributed by atoms with E-state index in [2.05, 4.69) is 20.6 Å². The molecule has 1 aromatic carbocycles. The third-order valence-corrected chi connectivity index (χ3v) is 5.99. The first-order chi connectivity index (χ1) is 15.0. The lowest BCUT2D eigenvalue weighted by atomic mass is 10.0. The number of rotatable bonds is 5. The van der Waals surface area contributed by atoms with Crippen LogP contribution in [0.15, 0.2) is 59.5 Å². The van der Waals surface area contributed by atoms with Crippen molar-refractivity contribution in [1.29, 1.82) is 0 Å². The van der Waals surface area contributed by atoms with Gasteiger partial charge in [0.05, 0.1) is 22.0 Å². The molecule has 7 nitrogen and oxygen atoms in total. The Morgan fingerprint density at radius 2 is 2.00 bits per heavy atom. The second-order valence-corrected chi connectivity index (χ2v) is 8.24. The van der Waals surface area contributed by atoms with Crippen LogP contribution in [0.25, 0.3) is 21.3 Å². The lowest BCUT2D eigenvalue weighted by molar-refractivity contribution is 0.252. The van der Waals surface area contributed by atoms with Crippen molar-refractivity contribution in [1.82, 2.24) is 19.9 Å². The fraction of sp³-hybridized carbons (Fsp3) is 0.217. The highest BCUT2D eigenvalue weighted by Crippen LogP contribution is 2.30. The van der Waals surface area contributed by atoms with Gasteiger partial charge in [-0.15, -0.1) is 0 Å². The van der Waals surface area contributed by atoms with Crippen LogP contribution in [0.3, 0.4) is 0 Å². The number of hydrogen-bond donors (Lipinski definition) is 2. The Hall–Kier alpha value is -3.52. The van der Waals surface area contributed by atoms with E-state index >= 15 is 0 Å². The molecule has 8 heteroatoms. The van der Waals surface area contributed by atoms with E-state index in [9.17, 15) is 9.59 Å². The molecule has 0 spiro atoms. The molecule has 1 unspecified atom stereocenters. The van der Waals surface area contributed by atoms with E-state index in [0.717, 1.165) is 32.7 Å². The molecular weight excluding hydrogens is 410 g/mol. The predicted molar refractivity (Wildman–Crippen MR) is 125 cm³/mol. The number of anilines is 1. The topological polar surface area (TPSA) is 88.9 Å². The van der Waals surface area contributed by atoms with E-state index in [1.807, 2.05) is 63.2 Å². The summed E-state index contributed by atoms with van der Waals surface area (Å²) in [4.78, 5) is 33.6. The molecule has 0 saturated heterocycles. The lowest BCUT2D eigenvalue weighted by Gasteiger charge is -2.18. The molecule has 1 atom stereocenters. The number of aromatic nitrogens is 3. The summed E-state index contributed by atoms with van der Waals surface area (Å²) in [6, 6.07) is 14.8. The van der Waals surface area contributed by atoms with Gasteiger partial charge in [-0.25, -0.2) is 9.78 Å². The molecule has 0 aliphatic rings. The summed E-state index contributed by atoms with van der Waals surface area (Å²) in [7, 11) is 0. The van der Waals surface area contributed by atoms with Crippen LogP contribution in [0.2, 0.25) is 0 Å². The van der Waals surface area contributed by atoms with Gasteiger partial charge < -0.3 is 9.88 Å². The number of amides is 2. The van der Waals surface area contributed by atoms with Crippen molar-refractivity contribution < 1.29 is 4.79 Å². The van der Waals surface area contributed by atoms with Gasteiger partial charge >= 0.3 is 6.03 Å². The van der Waals surface area contributed by atoms with Crippen molar-refractivity contribution in [2.45, 2.75) is 26.8 Å². The van der Waals surface area contributed by atoms with Crippen LogP contribution in [0.4, 0.5) is 9.93 Å². The molecule has 0 aliphatic heterocycles. The molecule has 0 bridgehead atoms. The number of carbonyl (C=O) groups excluding carboxylic acids is 1. The van der Waals surface area contributed by atoms with Gasteiger partial charge in [-0.1, -0.05) is 23.5 Å². The zero-order valence-electron chi connectivity index (χ0n) is 17.5. The molecular formula is C23H23N5O2S. The molecule has 0 fully saturated rings. The third-order valence-electron chi connectivity index (χ3n) is 5.04. The van der Waals surface area contributed by atoms with Gasteiger partial charge in [0.15, 0.2) is 5.13 Å². The van der Waals surface area contributed by atoms with Crippen molar-refractivity contribution in [2.75, 3.05) is 11.9 Å². The largest absolute Gasteiger partial charge is 0.338 e. The van der Waals surface area contributed by atoms with E-state index in [4.69, 9.17) is 0 Å². The normalized spacial score (nSPS) is 12.0. The summed E-state index contributed by atoms with van der Waals surface area (Å²) in [5.41, 5.74) is 4.14. The maximum absolute atomic E-state index is 13.0. The molecule has 0 saturated carbocycles. The summed E-state index contributed by atoms with van der Waals surface area (Å²) < 4.78 is 2.71. The van der Waals surface area contributed by atoms with E-state index in [1.165, 1.54) is 11.3 Å². The zero-order valence-corrected chi connectivity index (χ0v) is 18.4. The average Bonchev–Trinajstić information content (AvgIpc) is 3.15. The molecule has 31 heavy (non-hydrogen) atoms. The fourth-order valence-electron chi connectivity index (χ4n) is 3.59. The Morgan fingerprint density at radius 1 is 1.16 bits per heavy atom. The average molecular weight is 434 g/mol. The Balaban J connectivity index is 1.66. The van der Waals surface area contributed by atoms with Gasteiger partial charge in [0, 0.05) is 24.5 Å². The quantitative estimate of drug-likeness (QED) is 0.482. The van der Waals surface area contributed by atoms with Crippen molar-refractivity contribution in [2.24, 2.45) is 0 Å². The van der Waals surface area contributed by atoms with E-state index in [1.54, 1.807) is 16.8 Å². The van der Waals surface area contributed by atoms with Crippen molar-refractivity contribution in [3.63, 3.8) is 0 Å². The molecule has 4 aromatic rings. The minimum absolute atomic E-state index is 0.0786. The number of pyridine rings is 2. The standard InChI is InChI=1S/C23H23N5O2S/c1-4-24-22(30)27-23-26-19-12-16(8-9-20(19)31-23)17-11-14(2)28(21(29)13-17)15(3)18-7-5-6-10-25-18/h5-13,15H,4H2,1-3H3,(H2,24,26,27,30). The summed E-state index contributed by atoms with van der Waals surface area (Å²) in [6.07, 6.45) is 1.73. The Bertz CT molecular complexity index is 1300. The lowest BCUT2D eigenvalue weighted by Crippen LogP contribution is -2.28. The van der Waals surface area contributed by atoms with Gasteiger partial charge in [-0.05, 0) is 62.2 Å². The summed E-state index contributed by atoms with van der Waals surface area (Å²) in [6.45, 7) is 6.31. The molecule has 4 rings (SSSR count). The number of hydrogen-bond acceptors (Lipinski definition) is 5. The maximum atomic E-state index is 13.0. The highest BCUT2D eigenvalue weighted by atomic mass is 32.1. The Kier molecular flexibility index (Phi) is 5.81. The van der Waals surface area contributed by atoms with E-state index in [0.29, 0.717) is 11.7 Å². The van der Waals surface area contributed by atoms with Crippen LogP contribution in [-0.2, 0) is 0 Å². The zero-order chi connectivity index (χ0) is 22.0. The van der Waals surface area contributed by atoms with E-state index < -0.39 is 0 Å². The first-order valence-electron chi connectivity index (χ1n) is 10.1. The maximum Gasteiger partial charge on any atom is 0.321 e. The summed E-state index contributed by atoms with van der Waals surface area (Å²) >= 11 is 1.41.